The van der Waals surface area contributed by atoms with Crippen LogP contribution in [0.2, 0.25) is 0 Å². The van der Waals surface area contributed by atoms with Crippen molar-refractivity contribution < 1.29 is 23.4 Å². The third-order valence-corrected chi connectivity index (χ3v) is 6.88. The molecule has 2 atom stereocenters. The number of hydrogen-bond donors (Lipinski definition) is 0. The summed E-state index contributed by atoms with van der Waals surface area (Å²) in [5.41, 5.74) is 2.84. The van der Waals surface area contributed by atoms with Gasteiger partial charge in [0.15, 0.2) is 35.7 Å². The second-order valence-corrected chi connectivity index (χ2v) is 8.59. The van der Waals surface area contributed by atoms with Crippen LogP contribution in [0.25, 0.3) is 0 Å². The maximum Gasteiger partial charge on any atom is 0.271 e. The molecule has 5 nitrogen and oxygen atoms in total. The topological polar surface area (TPSA) is 50.1 Å². The van der Waals surface area contributed by atoms with Gasteiger partial charge < -0.3 is 23.4 Å². The summed E-state index contributed by atoms with van der Waals surface area (Å²) in [6.07, 6.45) is 2.55. The zero-order chi connectivity index (χ0) is 21.8. The molecule has 0 saturated carbocycles. The molecule has 33 heavy (non-hydrogen) atoms. The van der Waals surface area contributed by atoms with Crippen LogP contribution < -0.4 is 18.9 Å². The Hall–Kier alpha value is -3.86. The van der Waals surface area contributed by atoms with Gasteiger partial charge in [-0.3, -0.25) is 0 Å². The van der Waals surface area contributed by atoms with Crippen LogP contribution in [0.15, 0.2) is 89.5 Å². The summed E-state index contributed by atoms with van der Waals surface area (Å²) in [4.78, 5) is 0. The molecule has 0 spiro atoms. The van der Waals surface area contributed by atoms with Crippen molar-refractivity contribution >= 4 is 0 Å². The Labute approximate surface area is 191 Å². The van der Waals surface area contributed by atoms with Crippen LogP contribution in [0.4, 0.5) is 0 Å². The zero-order valence-electron chi connectivity index (χ0n) is 17.8. The molecule has 0 amide bonds. The smallest absolute Gasteiger partial charge is 0.271 e. The van der Waals surface area contributed by atoms with Crippen LogP contribution in [0, 0.1) is 6.61 Å². The third-order valence-electron chi connectivity index (χ3n) is 6.88. The molecule has 5 heteroatoms. The lowest BCUT2D eigenvalue weighted by molar-refractivity contribution is 0.0335. The standard InChI is InChI=1S/C28H21O5/c1-2-9-20-18(7-1)14-15-28(20,24-13-6-16-29-24)25-17-30-23-12-5-8-19(26(23)33-25)27-31-21-10-3-4-11-22(21)32-27/h1-13,16-17,25,27H,14-15H2. The molecule has 3 aliphatic rings. The zero-order valence-corrected chi connectivity index (χ0v) is 17.8. The fourth-order valence-electron chi connectivity index (χ4n) is 5.33. The molecule has 3 heterocycles. The number of hydrogen-bond acceptors (Lipinski definition) is 5. The first kappa shape index (κ1) is 18.7. The van der Waals surface area contributed by atoms with Crippen molar-refractivity contribution in [3.05, 3.63) is 114 Å². The summed E-state index contributed by atoms with van der Waals surface area (Å²) < 4.78 is 31.1. The number of ether oxygens (including phenoxy) is 4. The molecule has 1 aliphatic carbocycles. The first-order valence-electron chi connectivity index (χ1n) is 11.2. The Balaban J connectivity index is 1.30. The maximum absolute atomic E-state index is 6.74. The summed E-state index contributed by atoms with van der Waals surface area (Å²) in [6, 6.07) is 25.9. The van der Waals surface area contributed by atoms with E-state index in [2.05, 4.69) is 24.3 Å². The lowest BCUT2D eigenvalue weighted by Gasteiger charge is -2.39. The Morgan fingerprint density at radius 1 is 0.727 bits per heavy atom. The first-order chi connectivity index (χ1) is 16.3. The molecular weight excluding hydrogens is 416 g/mol. The van der Waals surface area contributed by atoms with E-state index in [9.17, 15) is 0 Å². The Bertz CT molecular complexity index is 1300. The second kappa shape index (κ2) is 7.07. The number of rotatable bonds is 3. The van der Waals surface area contributed by atoms with Crippen molar-refractivity contribution in [3.8, 4) is 23.0 Å². The second-order valence-electron chi connectivity index (χ2n) is 8.59. The van der Waals surface area contributed by atoms with Gasteiger partial charge in [0, 0.05) is 0 Å². The number of aryl methyl sites for hydroxylation is 1. The molecule has 0 fully saturated rings. The first-order valence-corrected chi connectivity index (χ1v) is 11.2. The summed E-state index contributed by atoms with van der Waals surface area (Å²) >= 11 is 0. The van der Waals surface area contributed by atoms with E-state index in [1.807, 2.05) is 54.6 Å². The van der Waals surface area contributed by atoms with Crippen LogP contribution in [-0.2, 0) is 11.8 Å². The van der Waals surface area contributed by atoms with Crippen molar-refractivity contribution in [2.75, 3.05) is 0 Å². The van der Waals surface area contributed by atoms with E-state index in [4.69, 9.17) is 23.4 Å². The quantitative estimate of drug-likeness (QED) is 0.394. The van der Waals surface area contributed by atoms with Crippen molar-refractivity contribution in [1.29, 1.82) is 0 Å². The molecular formula is C28H21O5. The van der Waals surface area contributed by atoms with E-state index in [0.29, 0.717) is 11.5 Å². The summed E-state index contributed by atoms with van der Waals surface area (Å²) in [5.74, 6) is 3.60. The molecule has 2 aliphatic heterocycles. The highest BCUT2D eigenvalue weighted by Gasteiger charge is 2.52. The fraction of sp³-hybridized carbons (Fsp3) is 0.179. The minimum atomic E-state index is -0.602. The lowest BCUT2D eigenvalue weighted by Crippen LogP contribution is -2.45. The van der Waals surface area contributed by atoms with Gasteiger partial charge in [-0.1, -0.05) is 42.5 Å². The third kappa shape index (κ3) is 2.72. The Morgan fingerprint density at radius 3 is 2.33 bits per heavy atom. The fourth-order valence-corrected chi connectivity index (χ4v) is 5.33. The number of fused-ring (bicyclic) bond motifs is 3. The van der Waals surface area contributed by atoms with Crippen LogP contribution in [0.3, 0.4) is 0 Å². The van der Waals surface area contributed by atoms with E-state index in [1.165, 1.54) is 11.1 Å². The van der Waals surface area contributed by atoms with Gasteiger partial charge >= 0.3 is 0 Å². The van der Waals surface area contributed by atoms with E-state index in [-0.39, 0.29) is 6.10 Å². The van der Waals surface area contributed by atoms with Gasteiger partial charge in [0.2, 0.25) is 0 Å². The summed E-state index contributed by atoms with van der Waals surface area (Å²) in [7, 11) is 0. The molecule has 1 aromatic heterocycles. The predicted molar refractivity (Wildman–Crippen MR) is 120 cm³/mol. The van der Waals surface area contributed by atoms with Crippen molar-refractivity contribution in [3.63, 3.8) is 0 Å². The van der Waals surface area contributed by atoms with Crippen molar-refractivity contribution in [2.24, 2.45) is 0 Å². The van der Waals surface area contributed by atoms with Gasteiger partial charge in [-0.05, 0) is 60.4 Å². The summed E-state index contributed by atoms with van der Waals surface area (Å²) in [5, 5.41) is 0. The summed E-state index contributed by atoms with van der Waals surface area (Å²) in [6.45, 7) is 1.79. The Kier molecular flexibility index (Phi) is 4.00. The molecule has 1 radical (unpaired) electrons. The Morgan fingerprint density at radius 2 is 1.52 bits per heavy atom. The molecule has 0 bridgehead atoms. The SMILES string of the molecule is [CH]1Oc2cccc(C3Oc4ccccc4O3)c2OC1C1(c2ccco2)CCc2ccccc21. The van der Waals surface area contributed by atoms with Crippen LogP contribution in [-0.4, -0.2) is 6.10 Å². The minimum absolute atomic E-state index is 0.385. The van der Waals surface area contributed by atoms with Crippen LogP contribution >= 0.6 is 0 Å². The highest BCUT2D eigenvalue weighted by molar-refractivity contribution is 5.54. The molecule has 163 valence electrons. The van der Waals surface area contributed by atoms with E-state index in [0.717, 1.165) is 35.7 Å². The highest BCUT2D eigenvalue weighted by Crippen LogP contribution is 2.52. The molecule has 0 saturated heterocycles. The van der Waals surface area contributed by atoms with Gasteiger partial charge in [-0.2, -0.15) is 0 Å². The normalized spacial score (nSPS) is 22.8. The molecule has 3 aromatic carbocycles. The van der Waals surface area contributed by atoms with Crippen LogP contribution in [0.1, 0.15) is 35.2 Å². The van der Waals surface area contributed by atoms with Gasteiger partial charge in [-0.25, -0.2) is 0 Å². The minimum Gasteiger partial charge on any atom is -0.480 e. The van der Waals surface area contributed by atoms with Gasteiger partial charge in [0.25, 0.3) is 6.29 Å². The molecule has 7 rings (SSSR count). The van der Waals surface area contributed by atoms with Gasteiger partial charge in [0.05, 0.1) is 17.2 Å². The van der Waals surface area contributed by atoms with E-state index in [1.54, 1.807) is 12.9 Å². The molecule has 0 N–H and O–H groups in total. The van der Waals surface area contributed by atoms with Crippen molar-refractivity contribution in [1.82, 2.24) is 0 Å². The van der Waals surface area contributed by atoms with Crippen molar-refractivity contribution in [2.45, 2.75) is 30.7 Å². The average molecular weight is 437 g/mol. The molecule has 2 unspecified atom stereocenters. The maximum atomic E-state index is 6.74. The number of furan rings is 1. The van der Waals surface area contributed by atoms with Gasteiger partial charge in [0.1, 0.15) is 5.76 Å². The van der Waals surface area contributed by atoms with Crippen LogP contribution in [0.5, 0.6) is 23.0 Å². The van der Waals surface area contributed by atoms with Gasteiger partial charge in [-0.15, -0.1) is 0 Å². The largest absolute Gasteiger partial charge is 0.480 e. The lowest BCUT2D eigenvalue weighted by atomic mass is 9.74. The molecule has 4 aromatic rings. The number of benzene rings is 3. The van der Waals surface area contributed by atoms with E-state index >= 15 is 0 Å². The average Bonchev–Trinajstić information content (AvgIpc) is 3.62. The number of para-hydroxylation sites is 3. The van der Waals surface area contributed by atoms with E-state index < -0.39 is 11.7 Å². The monoisotopic (exact) mass is 437 g/mol. The predicted octanol–water partition coefficient (Wildman–Crippen LogP) is 5.98. The highest BCUT2D eigenvalue weighted by atomic mass is 16.7.